The van der Waals surface area contributed by atoms with Crippen LogP contribution >= 0.6 is 0 Å². The Morgan fingerprint density at radius 2 is 2.10 bits per heavy atom. The number of hydrogen-bond donors (Lipinski definition) is 3. The van der Waals surface area contributed by atoms with E-state index in [0.717, 1.165) is 0 Å². The summed E-state index contributed by atoms with van der Waals surface area (Å²) >= 11 is 0. The lowest BCUT2D eigenvalue weighted by atomic mass is 9.98. The zero-order chi connectivity index (χ0) is 15.5. The number of nitrogens with zero attached hydrogens (tertiary/aromatic N) is 1. The summed E-state index contributed by atoms with van der Waals surface area (Å²) in [6.07, 6.45) is 0.640. The first-order chi connectivity index (χ1) is 9.21. The summed E-state index contributed by atoms with van der Waals surface area (Å²) < 4.78 is 0. The molecule has 3 N–H and O–H groups in total. The molecule has 2 unspecified atom stereocenters. The van der Waals surface area contributed by atoms with Crippen LogP contribution in [0.3, 0.4) is 0 Å². The summed E-state index contributed by atoms with van der Waals surface area (Å²) in [5.41, 5.74) is -0.985. The highest BCUT2D eigenvalue weighted by molar-refractivity contribution is 5.92. The maximum absolute atomic E-state index is 12.3. The second kappa shape index (κ2) is 6.11. The van der Waals surface area contributed by atoms with Crippen molar-refractivity contribution in [3.63, 3.8) is 0 Å². The third-order valence-corrected chi connectivity index (χ3v) is 3.85. The molecule has 2 atom stereocenters. The van der Waals surface area contributed by atoms with Crippen molar-refractivity contribution >= 4 is 17.9 Å². The van der Waals surface area contributed by atoms with Gasteiger partial charge in [0.15, 0.2) is 0 Å². The van der Waals surface area contributed by atoms with Crippen molar-refractivity contribution in [3.8, 4) is 0 Å². The summed E-state index contributed by atoms with van der Waals surface area (Å²) in [7, 11) is 0. The van der Waals surface area contributed by atoms with Crippen molar-refractivity contribution in [2.75, 3.05) is 13.1 Å². The predicted molar refractivity (Wildman–Crippen MR) is 73.2 cm³/mol. The van der Waals surface area contributed by atoms with Crippen LogP contribution in [-0.4, -0.2) is 52.6 Å². The Kier molecular flexibility index (Phi) is 4.97. The zero-order valence-electron chi connectivity index (χ0n) is 12.4. The Morgan fingerprint density at radius 3 is 2.60 bits per heavy atom. The average molecular weight is 285 g/mol. The molecule has 1 aliphatic rings. The normalized spacial score (nSPS) is 20.8. The molecule has 1 rings (SSSR count). The lowest BCUT2D eigenvalue weighted by molar-refractivity contribution is -0.140. The van der Waals surface area contributed by atoms with E-state index in [1.54, 1.807) is 20.8 Å². The summed E-state index contributed by atoms with van der Waals surface area (Å²) in [6.45, 7) is 7.65. The number of carbonyl (C=O) groups excluding carboxylic acids is 2. The highest BCUT2D eigenvalue weighted by Gasteiger charge is 2.41. The molecule has 114 valence electrons. The molecule has 0 aliphatic carbocycles. The molecular weight excluding hydrogens is 262 g/mol. The molecule has 3 amide bonds. The Balaban J connectivity index is 2.83. The molecule has 7 heteroatoms. The molecule has 1 saturated heterocycles. The van der Waals surface area contributed by atoms with Gasteiger partial charge in [0, 0.05) is 13.1 Å². The molecule has 1 fully saturated rings. The largest absolute Gasteiger partial charge is 0.480 e. The number of aliphatic carboxylic acids is 1. The maximum Gasteiger partial charge on any atom is 0.326 e. The molecular formula is C13H23N3O4. The van der Waals surface area contributed by atoms with Crippen LogP contribution in [0.5, 0.6) is 0 Å². The van der Waals surface area contributed by atoms with Crippen molar-refractivity contribution < 1.29 is 19.5 Å². The van der Waals surface area contributed by atoms with Crippen LogP contribution in [0.2, 0.25) is 0 Å². The van der Waals surface area contributed by atoms with Gasteiger partial charge in [-0.15, -0.1) is 0 Å². The van der Waals surface area contributed by atoms with Crippen molar-refractivity contribution in [2.45, 2.75) is 45.7 Å². The number of carbonyl (C=O) groups is 3. The molecule has 0 aromatic rings. The smallest absolute Gasteiger partial charge is 0.326 e. The molecule has 1 aliphatic heterocycles. The molecule has 7 nitrogen and oxygen atoms in total. The summed E-state index contributed by atoms with van der Waals surface area (Å²) in [6, 6.07) is -1.47. The number of amides is 3. The van der Waals surface area contributed by atoms with Crippen molar-refractivity contribution in [2.24, 2.45) is 5.92 Å². The molecule has 0 saturated carbocycles. The average Bonchev–Trinajstić information content (AvgIpc) is 2.37. The number of urea groups is 1. The third kappa shape index (κ3) is 3.20. The first-order valence-corrected chi connectivity index (χ1v) is 6.81. The van der Waals surface area contributed by atoms with Crippen LogP contribution in [0.1, 0.15) is 34.1 Å². The number of carboxylic acids is 1. The van der Waals surface area contributed by atoms with E-state index >= 15 is 0 Å². The molecule has 1 heterocycles. The molecule has 20 heavy (non-hydrogen) atoms. The quantitative estimate of drug-likeness (QED) is 0.696. The van der Waals surface area contributed by atoms with Gasteiger partial charge in [0.05, 0.1) is 0 Å². The van der Waals surface area contributed by atoms with E-state index in [-0.39, 0.29) is 11.8 Å². The van der Waals surface area contributed by atoms with Gasteiger partial charge in [-0.2, -0.15) is 0 Å². The van der Waals surface area contributed by atoms with Crippen LogP contribution in [0.25, 0.3) is 0 Å². The molecule has 0 radical (unpaired) electrons. The van der Waals surface area contributed by atoms with Crippen LogP contribution in [0.4, 0.5) is 4.79 Å². The van der Waals surface area contributed by atoms with Gasteiger partial charge < -0.3 is 20.6 Å². The molecule has 0 aromatic heterocycles. The topological polar surface area (TPSA) is 98.7 Å². The monoisotopic (exact) mass is 285 g/mol. The second-order valence-electron chi connectivity index (χ2n) is 5.62. The van der Waals surface area contributed by atoms with E-state index in [2.05, 4.69) is 10.6 Å². The van der Waals surface area contributed by atoms with Gasteiger partial charge in [-0.3, -0.25) is 4.79 Å². The third-order valence-electron chi connectivity index (χ3n) is 3.85. The standard InChI is InChI=1S/C13H23N3O4/c1-5-8(2)9(10(17)18)15-12(20)16-7-6-14-11(19)13(16,3)4/h8-9H,5-7H2,1-4H3,(H,14,19)(H,15,20)(H,17,18). The van der Waals surface area contributed by atoms with Crippen molar-refractivity contribution in [3.05, 3.63) is 0 Å². The summed E-state index contributed by atoms with van der Waals surface area (Å²) in [5.74, 6) is -1.49. The first-order valence-electron chi connectivity index (χ1n) is 6.81. The highest BCUT2D eigenvalue weighted by Crippen LogP contribution is 2.18. The Bertz CT molecular complexity index is 408. The molecule has 0 aromatic carbocycles. The fourth-order valence-corrected chi connectivity index (χ4v) is 2.15. The van der Waals surface area contributed by atoms with Crippen molar-refractivity contribution in [1.29, 1.82) is 0 Å². The number of carboxylic acid groups (broad SMARTS) is 1. The van der Waals surface area contributed by atoms with Crippen LogP contribution in [0, 0.1) is 5.92 Å². The van der Waals surface area contributed by atoms with Gasteiger partial charge in [-0.25, -0.2) is 9.59 Å². The minimum absolute atomic E-state index is 0.182. The first kappa shape index (κ1) is 16.3. The minimum Gasteiger partial charge on any atom is -0.480 e. The van der Waals surface area contributed by atoms with Gasteiger partial charge in [0.1, 0.15) is 11.6 Å². The number of hydrogen-bond acceptors (Lipinski definition) is 3. The van der Waals surface area contributed by atoms with Gasteiger partial charge in [0.2, 0.25) is 5.91 Å². The molecule has 0 spiro atoms. The van der Waals surface area contributed by atoms with Crippen molar-refractivity contribution in [1.82, 2.24) is 15.5 Å². The SMILES string of the molecule is CCC(C)C(NC(=O)N1CCNC(=O)C1(C)C)C(=O)O. The Hall–Kier alpha value is -1.79. The Labute approximate surface area is 118 Å². The second-order valence-corrected chi connectivity index (χ2v) is 5.62. The highest BCUT2D eigenvalue weighted by atomic mass is 16.4. The van der Waals surface area contributed by atoms with Crippen LogP contribution < -0.4 is 10.6 Å². The van der Waals surface area contributed by atoms with Gasteiger partial charge in [0.25, 0.3) is 0 Å². The minimum atomic E-state index is -1.06. The number of nitrogens with one attached hydrogen (secondary N) is 2. The lowest BCUT2D eigenvalue weighted by Crippen LogP contribution is -2.66. The maximum atomic E-state index is 12.3. The summed E-state index contributed by atoms with van der Waals surface area (Å²) in [4.78, 5) is 36.7. The van der Waals surface area contributed by atoms with Gasteiger partial charge >= 0.3 is 12.0 Å². The van der Waals surface area contributed by atoms with E-state index in [9.17, 15) is 19.5 Å². The van der Waals surface area contributed by atoms with E-state index in [1.165, 1.54) is 4.90 Å². The lowest BCUT2D eigenvalue weighted by Gasteiger charge is -2.41. The fourth-order valence-electron chi connectivity index (χ4n) is 2.15. The summed E-state index contributed by atoms with van der Waals surface area (Å²) in [5, 5.41) is 14.4. The number of rotatable bonds is 4. The molecule has 0 bridgehead atoms. The Morgan fingerprint density at radius 1 is 1.50 bits per heavy atom. The van der Waals surface area contributed by atoms with Crippen LogP contribution in [0.15, 0.2) is 0 Å². The number of piperazine rings is 1. The van der Waals surface area contributed by atoms with Gasteiger partial charge in [-0.1, -0.05) is 20.3 Å². The van der Waals surface area contributed by atoms with E-state index in [1.807, 2.05) is 6.92 Å². The fraction of sp³-hybridized carbons (Fsp3) is 0.769. The van der Waals surface area contributed by atoms with Crippen LogP contribution in [-0.2, 0) is 9.59 Å². The van der Waals surface area contributed by atoms with Gasteiger partial charge in [-0.05, 0) is 19.8 Å². The van der Waals surface area contributed by atoms with E-state index < -0.39 is 23.6 Å². The van der Waals surface area contributed by atoms with E-state index in [0.29, 0.717) is 19.5 Å². The zero-order valence-corrected chi connectivity index (χ0v) is 12.4. The van der Waals surface area contributed by atoms with E-state index in [4.69, 9.17) is 0 Å². The predicted octanol–water partition coefficient (Wildman–Crippen LogP) is 0.406.